The number of amides is 1. The number of piperidine rings is 1. The highest BCUT2D eigenvalue weighted by Crippen LogP contribution is 2.43. The number of nitrogens with two attached hydrogens (primary N) is 1. The molecule has 5 rings (SSSR count). The fourth-order valence-electron chi connectivity index (χ4n) is 5.10. The molecule has 1 fully saturated rings. The number of carbonyl (C=O) groups is 1. The van der Waals surface area contributed by atoms with Gasteiger partial charge in [-0.25, -0.2) is 9.97 Å². The summed E-state index contributed by atoms with van der Waals surface area (Å²) >= 11 is 1.25. The first kappa shape index (κ1) is 27.7. The quantitative estimate of drug-likeness (QED) is 0.263. The number of rotatable bonds is 9. The highest BCUT2D eigenvalue weighted by Gasteiger charge is 2.24. The number of likely N-dealkylation sites (tertiary alicyclic amines) is 1. The first-order valence-corrected chi connectivity index (χ1v) is 14.2. The number of ether oxygens (including phenoxy) is 3. The van der Waals surface area contributed by atoms with E-state index >= 15 is 0 Å². The van der Waals surface area contributed by atoms with Crippen molar-refractivity contribution >= 4 is 39.1 Å². The third-order valence-electron chi connectivity index (χ3n) is 7.14. The molecular formula is C30H35N5O4S. The average molecular weight is 562 g/mol. The van der Waals surface area contributed by atoms with Gasteiger partial charge in [0.2, 0.25) is 5.95 Å². The first-order chi connectivity index (χ1) is 19.3. The zero-order valence-corrected chi connectivity index (χ0v) is 24.3. The molecule has 0 spiro atoms. The number of nitrogens with zero attached hydrogens (tertiary/aromatic N) is 3. The Hall–Kier alpha value is -3.89. The molecule has 0 atom stereocenters. The number of hydrogen-bond donors (Lipinski definition) is 2. The third kappa shape index (κ3) is 5.68. The third-order valence-corrected chi connectivity index (χ3v) is 8.26. The van der Waals surface area contributed by atoms with E-state index in [4.69, 9.17) is 24.9 Å². The van der Waals surface area contributed by atoms with Crippen LogP contribution in [0, 0.1) is 0 Å². The summed E-state index contributed by atoms with van der Waals surface area (Å²) in [5.74, 6) is 2.30. The summed E-state index contributed by atoms with van der Waals surface area (Å²) in [5.41, 5.74) is 9.71. The molecule has 1 saturated heterocycles. The van der Waals surface area contributed by atoms with Crippen molar-refractivity contribution in [2.24, 2.45) is 5.73 Å². The molecule has 3 heterocycles. The van der Waals surface area contributed by atoms with Crippen LogP contribution in [-0.2, 0) is 0 Å². The Balaban J connectivity index is 1.56. The summed E-state index contributed by atoms with van der Waals surface area (Å²) < 4.78 is 18.0. The number of methoxy groups -OCH3 is 2. The summed E-state index contributed by atoms with van der Waals surface area (Å²) in [7, 11) is 5.34. The van der Waals surface area contributed by atoms with Crippen molar-refractivity contribution in [1.82, 2.24) is 14.9 Å². The van der Waals surface area contributed by atoms with Gasteiger partial charge in [0.15, 0.2) is 0 Å². The van der Waals surface area contributed by atoms with Gasteiger partial charge in [0.1, 0.15) is 22.1 Å². The zero-order chi connectivity index (χ0) is 28.4. The minimum Gasteiger partial charge on any atom is -0.497 e. The molecule has 9 nitrogen and oxygen atoms in total. The van der Waals surface area contributed by atoms with Crippen molar-refractivity contribution in [3.05, 3.63) is 53.0 Å². The number of hydrogen-bond acceptors (Lipinski definition) is 9. The van der Waals surface area contributed by atoms with E-state index in [0.717, 1.165) is 42.1 Å². The van der Waals surface area contributed by atoms with Gasteiger partial charge in [-0.15, -0.1) is 11.3 Å². The molecule has 40 heavy (non-hydrogen) atoms. The van der Waals surface area contributed by atoms with Crippen molar-refractivity contribution in [3.63, 3.8) is 0 Å². The van der Waals surface area contributed by atoms with Gasteiger partial charge >= 0.3 is 0 Å². The predicted molar refractivity (Wildman–Crippen MR) is 159 cm³/mol. The smallest absolute Gasteiger partial charge is 0.259 e. The van der Waals surface area contributed by atoms with Gasteiger partial charge in [-0.1, -0.05) is 6.07 Å². The van der Waals surface area contributed by atoms with Gasteiger partial charge in [-0.3, -0.25) is 4.79 Å². The lowest BCUT2D eigenvalue weighted by Gasteiger charge is -2.29. The maximum atomic E-state index is 12.5. The predicted octanol–water partition coefficient (Wildman–Crippen LogP) is 5.81. The molecule has 1 aliphatic rings. The largest absolute Gasteiger partial charge is 0.497 e. The molecule has 0 saturated carbocycles. The van der Waals surface area contributed by atoms with Crippen LogP contribution in [0.15, 0.2) is 42.6 Å². The van der Waals surface area contributed by atoms with Gasteiger partial charge in [0, 0.05) is 11.1 Å². The molecule has 210 valence electrons. The number of primary amides is 1. The van der Waals surface area contributed by atoms with Crippen molar-refractivity contribution in [1.29, 1.82) is 0 Å². The second-order valence-corrected chi connectivity index (χ2v) is 11.3. The highest BCUT2D eigenvalue weighted by molar-refractivity contribution is 7.21. The molecule has 0 bridgehead atoms. The molecule has 0 unspecified atom stereocenters. The van der Waals surface area contributed by atoms with E-state index in [0.29, 0.717) is 44.9 Å². The molecular weight excluding hydrogens is 526 g/mol. The van der Waals surface area contributed by atoms with E-state index in [1.54, 1.807) is 32.5 Å². The Morgan fingerprint density at radius 2 is 1.88 bits per heavy atom. The van der Waals surface area contributed by atoms with Crippen LogP contribution in [0.2, 0.25) is 0 Å². The molecule has 3 N–H and O–H groups in total. The van der Waals surface area contributed by atoms with E-state index in [9.17, 15) is 4.79 Å². The number of anilines is 2. The molecule has 1 aliphatic heterocycles. The maximum Gasteiger partial charge on any atom is 0.259 e. The van der Waals surface area contributed by atoms with Gasteiger partial charge in [-0.2, -0.15) is 0 Å². The monoisotopic (exact) mass is 561 g/mol. The Bertz CT molecular complexity index is 1530. The van der Waals surface area contributed by atoms with Crippen molar-refractivity contribution in [3.8, 4) is 28.4 Å². The van der Waals surface area contributed by atoms with Gasteiger partial charge in [0.05, 0.1) is 42.4 Å². The zero-order valence-electron chi connectivity index (χ0n) is 23.5. The minimum absolute atomic E-state index is 0.00110. The normalized spacial score (nSPS) is 14.4. The van der Waals surface area contributed by atoms with Crippen molar-refractivity contribution in [2.45, 2.75) is 38.7 Å². The summed E-state index contributed by atoms with van der Waals surface area (Å²) in [6.07, 6.45) is 3.95. The number of carbonyl (C=O) groups excluding carboxylic acids is 1. The van der Waals surface area contributed by atoms with E-state index in [1.165, 1.54) is 16.9 Å². The summed E-state index contributed by atoms with van der Waals surface area (Å²) in [5, 5.41) is 3.35. The average Bonchev–Trinajstić information content (AvgIpc) is 3.33. The maximum absolute atomic E-state index is 12.5. The van der Waals surface area contributed by atoms with E-state index in [-0.39, 0.29) is 6.10 Å². The second-order valence-electron chi connectivity index (χ2n) is 10.3. The van der Waals surface area contributed by atoms with Crippen molar-refractivity contribution in [2.75, 3.05) is 39.7 Å². The Labute approximate surface area is 238 Å². The standard InChI is InChI=1S/C30H35N5O4S/c1-17(2)39-24-14-19(18-10-12-35(3)13-11-18)6-8-22(24)33-30-32-16-25-27(34-30)26(28(40-25)29(31)36)21-15-20(37-4)7-9-23(21)38-5/h6-9,14-18H,10-13H2,1-5H3,(H2,31,36)(H,32,33,34). The highest BCUT2D eigenvalue weighted by atomic mass is 32.1. The van der Waals surface area contributed by atoms with Crippen LogP contribution in [0.3, 0.4) is 0 Å². The van der Waals surface area contributed by atoms with E-state index in [1.807, 2.05) is 26.0 Å². The number of thiophene rings is 1. The molecule has 10 heteroatoms. The number of nitrogens with one attached hydrogen (secondary N) is 1. The lowest BCUT2D eigenvalue weighted by Crippen LogP contribution is -2.29. The summed E-state index contributed by atoms with van der Waals surface area (Å²) in [6.45, 7) is 6.21. The topological polar surface area (TPSA) is 112 Å². The van der Waals surface area contributed by atoms with E-state index < -0.39 is 5.91 Å². The van der Waals surface area contributed by atoms with Crippen LogP contribution in [0.4, 0.5) is 11.6 Å². The minimum atomic E-state index is -0.547. The lowest BCUT2D eigenvalue weighted by atomic mass is 9.89. The molecule has 0 radical (unpaired) electrons. The van der Waals surface area contributed by atoms with Crippen LogP contribution in [-0.4, -0.2) is 61.2 Å². The van der Waals surface area contributed by atoms with Gasteiger partial charge in [-0.05, 0) is 88.6 Å². The fourth-order valence-corrected chi connectivity index (χ4v) is 6.08. The SMILES string of the molecule is COc1ccc(OC)c(-c2c(C(N)=O)sc3cnc(Nc4ccc(C5CCN(C)CC5)cc4OC(C)C)nc23)c1. The van der Waals surface area contributed by atoms with Crippen LogP contribution < -0.4 is 25.3 Å². The molecule has 0 aliphatic carbocycles. The Morgan fingerprint density at radius 1 is 1.10 bits per heavy atom. The lowest BCUT2D eigenvalue weighted by molar-refractivity contribution is 0.100. The second kappa shape index (κ2) is 11.7. The molecule has 2 aromatic carbocycles. The van der Waals surface area contributed by atoms with Gasteiger partial charge in [0.25, 0.3) is 5.91 Å². The van der Waals surface area contributed by atoms with Gasteiger partial charge < -0.3 is 30.2 Å². The summed E-state index contributed by atoms with van der Waals surface area (Å²) in [4.78, 5) is 24.6. The van der Waals surface area contributed by atoms with Crippen LogP contribution >= 0.6 is 11.3 Å². The first-order valence-electron chi connectivity index (χ1n) is 13.3. The van der Waals surface area contributed by atoms with Crippen LogP contribution in [0.1, 0.15) is 47.8 Å². The van der Waals surface area contributed by atoms with Crippen molar-refractivity contribution < 1.29 is 19.0 Å². The van der Waals surface area contributed by atoms with Crippen LogP contribution in [0.25, 0.3) is 21.3 Å². The number of aromatic nitrogens is 2. The van der Waals surface area contributed by atoms with Crippen LogP contribution in [0.5, 0.6) is 17.2 Å². The molecule has 1 amide bonds. The Kier molecular flexibility index (Phi) is 8.09. The fraction of sp³-hybridized carbons (Fsp3) is 0.367. The number of fused-ring (bicyclic) bond motifs is 1. The number of benzene rings is 2. The molecule has 4 aromatic rings. The summed E-state index contributed by atoms with van der Waals surface area (Å²) in [6, 6.07) is 11.7. The van der Waals surface area contributed by atoms with E-state index in [2.05, 4.69) is 34.4 Å². The molecule has 2 aromatic heterocycles. The Morgan fingerprint density at radius 3 is 2.55 bits per heavy atom.